The molecule has 0 saturated carbocycles. The molecule has 1 aliphatic heterocycles. The first-order valence-corrected chi connectivity index (χ1v) is 19.5. The molecule has 0 radical (unpaired) electrons. The molecule has 276 valence electrons. The van der Waals surface area contributed by atoms with E-state index in [2.05, 4.69) is 0 Å². The first-order chi connectivity index (χ1) is 25.4. The molecule has 1 unspecified atom stereocenters. The van der Waals surface area contributed by atoms with Crippen molar-refractivity contribution in [2.75, 3.05) is 43.4 Å². The van der Waals surface area contributed by atoms with Gasteiger partial charge in [0.25, 0.3) is 11.8 Å². The van der Waals surface area contributed by atoms with Gasteiger partial charge < -0.3 is 14.2 Å². The van der Waals surface area contributed by atoms with E-state index in [4.69, 9.17) is 4.42 Å². The third kappa shape index (κ3) is 7.73. The number of amides is 2. The molecule has 5 aromatic rings. The molecule has 1 atom stereocenters. The summed E-state index contributed by atoms with van der Waals surface area (Å²) in [5, 5.41) is 0.391. The Kier molecular flexibility index (Phi) is 11.1. The highest BCUT2D eigenvalue weighted by molar-refractivity contribution is 7.92. The van der Waals surface area contributed by atoms with Crippen molar-refractivity contribution in [1.29, 1.82) is 0 Å². The number of hydrogen-bond donors (Lipinski definition) is 0. The molecule has 1 fully saturated rings. The van der Waals surface area contributed by atoms with Gasteiger partial charge in [0, 0.05) is 65.8 Å². The summed E-state index contributed by atoms with van der Waals surface area (Å²) in [6, 6.07) is 24.2. The zero-order valence-electron chi connectivity index (χ0n) is 29.8. The van der Waals surface area contributed by atoms with E-state index in [0.717, 1.165) is 17.0 Å². The summed E-state index contributed by atoms with van der Waals surface area (Å²) in [6.45, 7) is 3.34. The Hall–Kier alpha value is -5.36. The van der Waals surface area contributed by atoms with Gasteiger partial charge in [-0.15, -0.1) is 0 Å². The maximum absolute atomic E-state index is 14.3. The summed E-state index contributed by atoms with van der Waals surface area (Å²) < 4.78 is 61.2. The highest BCUT2D eigenvalue weighted by Crippen LogP contribution is 2.42. The third-order valence-electron chi connectivity index (χ3n) is 9.56. The lowest BCUT2D eigenvalue weighted by Crippen LogP contribution is -2.56. The van der Waals surface area contributed by atoms with Crippen molar-refractivity contribution in [3.05, 3.63) is 114 Å². The largest absolute Gasteiger partial charge is 0.455 e. The van der Waals surface area contributed by atoms with Crippen LogP contribution in [0.2, 0.25) is 0 Å². The smallest absolute Gasteiger partial charge is 0.254 e. The number of piperazine rings is 1. The maximum atomic E-state index is 14.3. The van der Waals surface area contributed by atoms with Gasteiger partial charge in [0.05, 0.1) is 24.1 Å². The summed E-state index contributed by atoms with van der Waals surface area (Å²) in [5.41, 5.74) is 2.72. The molecule has 1 saturated heterocycles. The number of benzene rings is 4. The van der Waals surface area contributed by atoms with Gasteiger partial charge in [0.2, 0.25) is 10.0 Å². The molecule has 53 heavy (non-hydrogen) atoms. The molecule has 0 bridgehead atoms. The van der Waals surface area contributed by atoms with Gasteiger partial charge in [-0.3, -0.25) is 18.7 Å². The van der Waals surface area contributed by atoms with Gasteiger partial charge in [-0.05, 0) is 66.6 Å². The van der Waals surface area contributed by atoms with Gasteiger partial charge in [-0.2, -0.15) is 0 Å². The van der Waals surface area contributed by atoms with Gasteiger partial charge in [0.1, 0.15) is 23.8 Å². The van der Waals surface area contributed by atoms with E-state index in [1.54, 1.807) is 59.2 Å². The van der Waals surface area contributed by atoms with E-state index < -0.39 is 29.1 Å². The van der Waals surface area contributed by atoms with Crippen LogP contribution in [-0.2, 0) is 10.0 Å². The normalized spacial score (nSPS) is 14.8. The van der Waals surface area contributed by atoms with Gasteiger partial charge >= 0.3 is 0 Å². The molecule has 2 amide bonds. The fourth-order valence-corrected chi connectivity index (χ4v) is 7.91. The minimum Gasteiger partial charge on any atom is -0.455 e. The molecule has 1 aliphatic rings. The second-order valence-electron chi connectivity index (χ2n) is 13.1. The standard InChI is InChI=1S/C41H41F2N3O6S/c1-4-10-32-26-44(40(48)28-11-7-6-8-12-28)21-22-45(32)41(49)30-14-9-13-29(23-30)33-24-34-37(25-35(33)46(20-19-42)53(3,50)51)52-39(38(34)36(47)5-2)27-15-17-31(43)18-16-27/h6-9,11-18,23-25,32H,4-5,10,19-22,26H2,1-3H3. The number of nitrogens with zero attached hydrogens (tertiary/aromatic N) is 3. The minimum absolute atomic E-state index is 0.0878. The molecule has 0 aliphatic carbocycles. The number of sulfonamides is 1. The van der Waals surface area contributed by atoms with Gasteiger partial charge in [-0.25, -0.2) is 17.2 Å². The van der Waals surface area contributed by atoms with Crippen molar-refractivity contribution >= 4 is 44.3 Å². The van der Waals surface area contributed by atoms with Crippen LogP contribution in [0.15, 0.2) is 95.4 Å². The van der Waals surface area contributed by atoms with Crippen molar-refractivity contribution in [2.45, 2.75) is 39.2 Å². The van der Waals surface area contributed by atoms with Crippen molar-refractivity contribution in [3.63, 3.8) is 0 Å². The zero-order chi connectivity index (χ0) is 37.9. The number of rotatable bonds is 12. The van der Waals surface area contributed by atoms with E-state index in [9.17, 15) is 31.6 Å². The lowest BCUT2D eigenvalue weighted by Gasteiger charge is -2.41. The molecule has 1 aromatic heterocycles. The van der Waals surface area contributed by atoms with Crippen molar-refractivity contribution < 1.29 is 36.0 Å². The van der Waals surface area contributed by atoms with Crippen LogP contribution in [-0.4, -0.2) is 81.0 Å². The van der Waals surface area contributed by atoms with E-state index in [1.807, 2.05) is 25.1 Å². The topological polar surface area (TPSA) is 108 Å². The number of halogens is 2. The number of ketones is 1. The average Bonchev–Trinajstić information content (AvgIpc) is 3.54. The van der Waals surface area contributed by atoms with E-state index in [0.29, 0.717) is 59.3 Å². The molecule has 0 spiro atoms. The Balaban J connectivity index is 1.44. The zero-order valence-corrected chi connectivity index (χ0v) is 30.7. The van der Waals surface area contributed by atoms with Crippen LogP contribution in [0, 0.1) is 5.82 Å². The van der Waals surface area contributed by atoms with Crippen molar-refractivity contribution in [1.82, 2.24) is 9.80 Å². The summed E-state index contributed by atoms with van der Waals surface area (Å²) in [7, 11) is -4.01. The Morgan fingerprint density at radius 3 is 2.25 bits per heavy atom. The van der Waals surface area contributed by atoms with Crippen LogP contribution in [0.1, 0.15) is 64.2 Å². The number of hydrogen-bond acceptors (Lipinski definition) is 6. The van der Waals surface area contributed by atoms with Crippen molar-refractivity contribution in [3.8, 4) is 22.5 Å². The fourth-order valence-electron chi connectivity index (χ4n) is 7.01. The summed E-state index contributed by atoms with van der Waals surface area (Å²) >= 11 is 0. The Bertz CT molecular complexity index is 2260. The number of Topliss-reactive ketones (excluding diaryl/α,β-unsaturated/α-hetero) is 1. The second kappa shape index (κ2) is 15.7. The van der Waals surface area contributed by atoms with Crippen LogP contribution < -0.4 is 4.31 Å². The quantitative estimate of drug-likeness (QED) is 0.120. The Morgan fingerprint density at radius 2 is 1.58 bits per heavy atom. The first kappa shape index (κ1) is 37.4. The summed E-state index contributed by atoms with van der Waals surface area (Å²) in [6.07, 6.45) is 2.59. The van der Waals surface area contributed by atoms with Crippen LogP contribution in [0.25, 0.3) is 33.4 Å². The number of anilines is 1. The fraction of sp³-hybridized carbons (Fsp3) is 0.293. The van der Waals surface area contributed by atoms with E-state index in [1.165, 1.54) is 30.3 Å². The number of carbonyl (C=O) groups excluding carboxylic acids is 3. The molecule has 9 nitrogen and oxygen atoms in total. The minimum atomic E-state index is -4.01. The molecule has 4 aromatic carbocycles. The number of alkyl halides is 1. The van der Waals surface area contributed by atoms with E-state index >= 15 is 0 Å². The van der Waals surface area contributed by atoms with Crippen LogP contribution in [0.3, 0.4) is 0 Å². The molecule has 12 heteroatoms. The molecule has 0 N–H and O–H groups in total. The highest BCUT2D eigenvalue weighted by Gasteiger charge is 2.33. The van der Waals surface area contributed by atoms with Crippen LogP contribution >= 0.6 is 0 Å². The Labute approximate surface area is 307 Å². The predicted octanol–water partition coefficient (Wildman–Crippen LogP) is 8.00. The van der Waals surface area contributed by atoms with Crippen LogP contribution in [0.4, 0.5) is 14.5 Å². The number of fused-ring (bicyclic) bond motifs is 1. The predicted molar refractivity (Wildman–Crippen MR) is 202 cm³/mol. The maximum Gasteiger partial charge on any atom is 0.254 e. The second-order valence-corrected chi connectivity index (χ2v) is 15.0. The number of carbonyl (C=O) groups is 3. The van der Waals surface area contributed by atoms with Crippen molar-refractivity contribution in [2.24, 2.45) is 0 Å². The number of furan rings is 1. The summed E-state index contributed by atoms with van der Waals surface area (Å²) in [4.78, 5) is 44.6. The first-order valence-electron chi connectivity index (χ1n) is 17.6. The Morgan fingerprint density at radius 1 is 0.868 bits per heavy atom. The monoisotopic (exact) mass is 741 g/mol. The SMILES string of the molecule is CCCC1CN(C(=O)c2ccccc2)CCN1C(=O)c1cccc(-c2cc3c(C(=O)CC)c(-c4ccc(F)cc4)oc3cc2N(CCF)S(C)(=O)=O)c1. The average molecular weight is 742 g/mol. The molecular weight excluding hydrogens is 701 g/mol. The molecule has 6 rings (SSSR count). The highest BCUT2D eigenvalue weighted by atomic mass is 32.2. The van der Waals surface area contributed by atoms with Gasteiger partial charge in [0.15, 0.2) is 5.78 Å². The summed E-state index contributed by atoms with van der Waals surface area (Å²) in [5.74, 6) is -0.850. The lowest BCUT2D eigenvalue weighted by molar-refractivity contribution is 0.0371. The van der Waals surface area contributed by atoms with Gasteiger partial charge in [-0.1, -0.05) is 50.6 Å². The van der Waals surface area contributed by atoms with Crippen LogP contribution in [0.5, 0.6) is 0 Å². The van der Waals surface area contributed by atoms with E-state index in [-0.39, 0.29) is 52.7 Å². The molecular formula is C41H41F2N3O6S. The lowest BCUT2D eigenvalue weighted by atomic mass is 9.95. The molecule has 2 heterocycles. The third-order valence-corrected chi connectivity index (χ3v) is 10.7.